The second-order valence-corrected chi connectivity index (χ2v) is 5.26. The minimum absolute atomic E-state index is 0.128. The van der Waals surface area contributed by atoms with Gasteiger partial charge in [0.2, 0.25) is 0 Å². The molecule has 0 amide bonds. The second-order valence-electron chi connectivity index (χ2n) is 5.26. The minimum atomic E-state index is -0.230. The van der Waals surface area contributed by atoms with E-state index in [2.05, 4.69) is 16.4 Å². The first kappa shape index (κ1) is 15.0. The molecule has 2 rings (SSSR count). The van der Waals surface area contributed by atoms with E-state index in [1.807, 2.05) is 26.8 Å². The summed E-state index contributed by atoms with van der Waals surface area (Å²) in [4.78, 5) is 4.30. The van der Waals surface area contributed by atoms with Crippen LogP contribution in [0.25, 0.3) is 0 Å². The van der Waals surface area contributed by atoms with Crippen LogP contribution in [0.2, 0.25) is 0 Å². The number of hydrogen-bond acceptors (Lipinski definition) is 3. The SMILES string of the molecule is Cc1cc(NC(C)Cc2ccc(F)cc2)c(C#N)c(C)n1. The van der Waals surface area contributed by atoms with Crippen molar-refractivity contribution in [2.75, 3.05) is 5.32 Å². The van der Waals surface area contributed by atoms with Gasteiger partial charge in [-0.15, -0.1) is 0 Å². The Labute approximate surface area is 124 Å². The largest absolute Gasteiger partial charge is 0.381 e. The van der Waals surface area contributed by atoms with Crippen LogP contribution in [0, 0.1) is 31.0 Å². The van der Waals surface area contributed by atoms with Crippen LogP contribution in [-0.4, -0.2) is 11.0 Å². The highest BCUT2D eigenvalue weighted by atomic mass is 19.1. The zero-order chi connectivity index (χ0) is 15.4. The highest BCUT2D eigenvalue weighted by Crippen LogP contribution is 2.20. The monoisotopic (exact) mass is 283 g/mol. The lowest BCUT2D eigenvalue weighted by Crippen LogP contribution is -2.19. The summed E-state index contributed by atoms with van der Waals surface area (Å²) in [5, 5.41) is 12.6. The Kier molecular flexibility index (Phi) is 4.54. The molecule has 3 nitrogen and oxygen atoms in total. The van der Waals surface area contributed by atoms with Crippen LogP contribution in [0.5, 0.6) is 0 Å². The smallest absolute Gasteiger partial charge is 0.123 e. The fourth-order valence-electron chi connectivity index (χ4n) is 2.37. The number of nitrogens with one attached hydrogen (secondary N) is 1. The zero-order valence-corrected chi connectivity index (χ0v) is 12.4. The molecule has 108 valence electrons. The molecule has 0 aliphatic heterocycles. The van der Waals surface area contributed by atoms with Gasteiger partial charge in [0, 0.05) is 11.7 Å². The third-order valence-corrected chi connectivity index (χ3v) is 3.30. The van der Waals surface area contributed by atoms with Crippen LogP contribution in [0.3, 0.4) is 0 Å². The van der Waals surface area contributed by atoms with Crippen molar-refractivity contribution in [2.45, 2.75) is 33.2 Å². The van der Waals surface area contributed by atoms with E-state index in [-0.39, 0.29) is 11.9 Å². The van der Waals surface area contributed by atoms with E-state index in [4.69, 9.17) is 0 Å². The number of halogens is 1. The highest BCUT2D eigenvalue weighted by molar-refractivity contribution is 5.60. The van der Waals surface area contributed by atoms with E-state index >= 15 is 0 Å². The summed E-state index contributed by atoms with van der Waals surface area (Å²) in [7, 11) is 0. The van der Waals surface area contributed by atoms with Gasteiger partial charge in [-0.05, 0) is 51.0 Å². The topological polar surface area (TPSA) is 48.7 Å². The molecular weight excluding hydrogens is 265 g/mol. The fraction of sp³-hybridized carbons (Fsp3) is 0.294. The van der Waals surface area contributed by atoms with Gasteiger partial charge in [-0.25, -0.2) is 4.39 Å². The van der Waals surface area contributed by atoms with E-state index in [1.165, 1.54) is 12.1 Å². The number of nitrogens with zero attached hydrogens (tertiary/aromatic N) is 2. The number of anilines is 1. The maximum Gasteiger partial charge on any atom is 0.123 e. The molecule has 1 N–H and O–H groups in total. The van der Waals surface area contributed by atoms with Crippen LogP contribution in [0.15, 0.2) is 30.3 Å². The molecule has 21 heavy (non-hydrogen) atoms. The number of aromatic nitrogens is 1. The predicted octanol–water partition coefficient (Wildman–Crippen LogP) is 3.75. The van der Waals surface area contributed by atoms with Gasteiger partial charge in [-0.3, -0.25) is 4.98 Å². The summed E-state index contributed by atoms with van der Waals surface area (Å²) in [5.41, 5.74) is 4.04. The molecule has 0 aliphatic carbocycles. The molecule has 0 radical (unpaired) electrons. The second kappa shape index (κ2) is 6.36. The maximum atomic E-state index is 12.9. The third kappa shape index (κ3) is 3.79. The average molecular weight is 283 g/mol. The lowest BCUT2D eigenvalue weighted by atomic mass is 10.1. The van der Waals surface area contributed by atoms with Crippen LogP contribution < -0.4 is 5.32 Å². The fourth-order valence-corrected chi connectivity index (χ4v) is 2.37. The van der Waals surface area contributed by atoms with Crippen molar-refractivity contribution >= 4 is 5.69 Å². The lowest BCUT2D eigenvalue weighted by Gasteiger charge is -2.17. The van der Waals surface area contributed by atoms with E-state index in [0.29, 0.717) is 5.56 Å². The normalized spacial score (nSPS) is 11.8. The summed E-state index contributed by atoms with van der Waals surface area (Å²) < 4.78 is 12.9. The first-order valence-corrected chi connectivity index (χ1v) is 6.89. The molecule has 0 spiro atoms. The van der Waals surface area contributed by atoms with Gasteiger partial charge < -0.3 is 5.32 Å². The van der Waals surface area contributed by atoms with Crippen molar-refractivity contribution in [3.8, 4) is 6.07 Å². The first-order chi connectivity index (χ1) is 9.99. The molecule has 1 aromatic heterocycles. The Morgan fingerprint density at radius 2 is 1.95 bits per heavy atom. The highest BCUT2D eigenvalue weighted by Gasteiger charge is 2.11. The molecule has 1 aromatic carbocycles. The Balaban J connectivity index is 2.14. The molecule has 1 heterocycles. The number of rotatable bonds is 4. The summed E-state index contributed by atoms with van der Waals surface area (Å²) in [6, 6.07) is 10.7. The first-order valence-electron chi connectivity index (χ1n) is 6.89. The van der Waals surface area contributed by atoms with E-state index in [0.717, 1.165) is 29.1 Å². The number of benzene rings is 1. The summed E-state index contributed by atoms with van der Waals surface area (Å²) in [6.45, 7) is 5.78. The quantitative estimate of drug-likeness (QED) is 0.929. The van der Waals surface area contributed by atoms with Gasteiger partial charge in [-0.2, -0.15) is 5.26 Å². The van der Waals surface area contributed by atoms with Crippen LogP contribution in [0.4, 0.5) is 10.1 Å². The number of nitriles is 1. The lowest BCUT2D eigenvalue weighted by molar-refractivity contribution is 0.626. The van der Waals surface area contributed by atoms with Gasteiger partial charge in [-0.1, -0.05) is 12.1 Å². The van der Waals surface area contributed by atoms with E-state index in [9.17, 15) is 9.65 Å². The van der Waals surface area contributed by atoms with E-state index < -0.39 is 0 Å². The predicted molar refractivity (Wildman–Crippen MR) is 81.6 cm³/mol. The molecule has 1 atom stereocenters. The Morgan fingerprint density at radius 3 is 2.57 bits per heavy atom. The molecule has 4 heteroatoms. The van der Waals surface area contributed by atoms with Crippen LogP contribution >= 0.6 is 0 Å². The van der Waals surface area contributed by atoms with Gasteiger partial charge in [0.1, 0.15) is 11.9 Å². The molecule has 2 aromatic rings. The van der Waals surface area contributed by atoms with Gasteiger partial charge >= 0.3 is 0 Å². The average Bonchev–Trinajstić information content (AvgIpc) is 2.41. The molecule has 0 aliphatic rings. The molecule has 0 fully saturated rings. The van der Waals surface area contributed by atoms with Crippen molar-refractivity contribution in [3.05, 3.63) is 58.7 Å². The number of aryl methyl sites for hydroxylation is 2. The van der Waals surface area contributed by atoms with Crippen LogP contribution in [-0.2, 0) is 6.42 Å². The molecule has 0 saturated carbocycles. The van der Waals surface area contributed by atoms with Crippen molar-refractivity contribution < 1.29 is 4.39 Å². The standard InChI is InChI=1S/C17H18FN3/c1-11(8-14-4-6-15(18)7-5-14)21-17-9-12(2)20-13(3)16(17)10-19/h4-7,9,11H,8H2,1-3H3,(H,20,21). The van der Waals surface area contributed by atoms with Crippen molar-refractivity contribution in [1.29, 1.82) is 5.26 Å². The van der Waals surface area contributed by atoms with Crippen molar-refractivity contribution in [2.24, 2.45) is 0 Å². The Morgan fingerprint density at radius 1 is 1.29 bits per heavy atom. The summed E-state index contributed by atoms with van der Waals surface area (Å²) in [5.74, 6) is -0.230. The number of hydrogen-bond donors (Lipinski definition) is 1. The molecule has 0 saturated heterocycles. The molecular formula is C17H18FN3. The number of pyridine rings is 1. The molecule has 0 bridgehead atoms. The van der Waals surface area contributed by atoms with Gasteiger partial charge in [0.05, 0.1) is 16.9 Å². The maximum absolute atomic E-state index is 12.9. The minimum Gasteiger partial charge on any atom is -0.381 e. The molecule has 1 unspecified atom stereocenters. The third-order valence-electron chi connectivity index (χ3n) is 3.30. The van der Waals surface area contributed by atoms with Gasteiger partial charge in [0.25, 0.3) is 0 Å². The van der Waals surface area contributed by atoms with E-state index in [1.54, 1.807) is 12.1 Å². The van der Waals surface area contributed by atoms with Crippen LogP contribution in [0.1, 0.15) is 29.4 Å². The summed E-state index contributed by atoms with van der Waals surface area (Å²) in [6.07, 6.45) is 0.756. The van der Waals surface area contributed by atoms with Crippen molar-refractivity contribution in [1.82, 2.24) is 4.98 Å². The van der Waals surface area contributed by atoms with Crippen molar-refractivity contribution in [3.63, 3.8) is 0 Å². The van der Waals surface area contributed by atoms with Gasteiger partial charge in [0.15, 0.2) is 0 Å². The zero-order valence-electron chi connectivity index (χ0n) is 12.4. The Bertz CT molecular complexity index is 672. The Hall–Kier alpha value is -2.41. The summed E-state index contributed by atoms with van der Waals surface area (Å²) >= 11 is 0.